The van der Waals surface area contributed by atoms with Gasteiger partial charge in [-0.25, -0.2) is 4.79 Å². The summed E-state index contributed by atoms with van der Waals surface area (Å²) in [6.45, 7) is 5.34. The zero-order valence-electron chi connectivity index (χ0n) is 8.42. The first-order valence-corrected chi connectivity index (χ1v) is 4.17. The van der Waals surface area contributed by atoms with Crippen LogP contribution in [0.5, 0.6) is 0 Å². The van der Waals surface area contributed by atoms with Gasteiger partial charge >= 0.3 is 6.09 Å². The van der Waals surface area contributed by atoms with Gasteiger partial charge in [0.2, 0.25) is 0 Å². The summed E-state index contributed by atoms with van der Waals surface area (Å²) in [7, 11) is 0. The van der Waals surface area contributed by atoms with Crippen molar-refractivity contribution in [3.8, 4) is 0 Å². The van der Waals surface area contributed by atoms with Gasteiger partial charge in [0.1, 0.15) is 5.60 Å². The van der Waals surface area contributed by atoms with Crippen LogP contribution in [-0.4, -0.2) is 21.9 Å². The number of nitrogens with one attached hydrogen (secondary N) is 2. The molecule has 0 aromatic carbocycles. The van der Waals surface area contributed by atoms with Crippen molar-refractivity contribution in [3.63, 3.8) is 0 Å². The lowest BCUT2D eigenvalue weighted by molar-refractivity contribution is 0.0635. The Hall–Kier alpha value is -1.72. The summed E-state index contributed by atoms with van der Waals surface area (Å²) in [4.78, 5) is 11.2. The third-order valence-corrected chi connectivity index (χ3v) is 1.29. The van der Waals surface area contributed by atoms with Crippen LogP contribution in [0.3, 0.4) is 0 Å². The van der Waals surface area contributed by atoms with Gasteiger partial charge in [-0.3, -0.25) is 10.4 Å². The number of ether oxygens (including phenoxy) is 1. The largest absolute Gasteiger partial charge is 0.444 e. The van der Waals surface area contributed by atoms with Gasteiger partial charge in [-0.15, -0.1) is 0 Å². The molecule has 0 spiro atoms. The van der Waals surface area contributed by atoms with E-state index >= 15 is 0 Å². The molecule has 0 aliphatic carbocycles. The van der Waals surface area contributed by atoms with Crippen LogP contribution < -0.4 is 11.1 Å². The quantitative estimate of drug-likeness (QED) is 0.634. The van der Waals surface area contributed by atoms with E-state index < -0.39 is 11.7 Å². The van der Waals surface area contributed by atoms with Crippen molar-refractivity contribution in [1.29, 1.82) is 0 Å². The summed E-state index contributed by atoms with van der Waals surface area (Å²) in [5, 5.41) is 8.63. The van der Waals surface area contributed by atoms with Gasteiger partial charge in [-0.2, -0.15) is 5.10 Å². The highest BCUT2D eigenvalue weighted by atomic mass is 16.6. The van der Waals surface area contributed by atoms with E-state index in [1.54, 1.807) is 20.8 Å². The number of aromatic nitrogens is 2. The first kappa shape index (κ1) is 10.4. The number of nitrogen functional groups attached to an aromatic ring is 1. The monoisotopic (exact) mass is 198 g/mol. The molecule has 0 aliphatic rings. The molecule has 4 N–H and O–H groups in total. The van der Waals surface area contributed by atoms with Gasteiger partial charge in [0.15, 0.2) is 5.82 Å². The smallest absolute Gasteiger partial charge is 0.413 e. The van der Waals surface area contributed by atoms with Crippen LogP contribution >= 0.6 is 0 Å². The maximum Gasteiger partial charge on any atom is 0.413 e. The van der Waals surface area contributed by atoms with E-state index in [4.69, 9.17) is 10.5 Å². The summed E-state index contributed by atoms with van der Waals surface area (Å²) in [5.41, 5.74) is 5.33. The average Bonchev–Trinajstić information content (AvgIpc) is 2.32. The summed E-state index contributed by atoms with van der Waals surface area (Å²) in [6, 6.07) is 0. The van der Waals surface area contributed by atoms with Gasteiger partial charge in [0.25, 0.3) is 0 Å². The minimum Gasteiger partial charge on any atom is -0.444 e. The highest BCUT2D eigenvalue weighted by molar-refractivity contribution is 5.87. The van der Waals surface area contributed by atoms with Crippen molar-refractivity contribution < 1.29 is 9.53 Å². The zero-order chi connectivity index (χ0) is 10.8. The van der Waals surface area contributed by atoms with E-state index in [2.05, 4.69) is 15.5 Å². The fraction of sp³-hybridized carbons (Fsp3) is 0.500. The second-order valence-electron chi connectivity index (χ2n) is 3.83. The topological polar surface area (TPSA) is 93.0 Å². The van der Waals surface area contributed by atoms with Crippen molar-refractivity contribution in [2.75, 3.05) is 11.1 Å². The predicted molar refractivity (Wildman–Crippen MR) is 52.9 cm³/mol. The van der Waals surface area contributed by atoms with E-state index in [1.807, 2.05) is 0 Å². The second kappa shape index (κ2) is 3.57. The number of rotatable bonds is 1. The molecular weight excluding hydrogens is 184 g/mol. The highest BCUT2D eigenvalue weighted by Gasteiger charge is 2.17. The fourth-order valence-electron chi connectivity index (χ4n) is 0.801. The third kappa shape index (κ3) is 2.96. The Morgan fingerprint density at radius 3 is 2.71 bits per heavy atom. The Bertz CT molecular complexity index is 326. The number of hydrogen-bond donors (Lipinski definition) is 3. The first-order valence-electron chi connectivity index (χ1n) is 4.17. The van der Waals surface area contributed by atoms with Crippen molar-refractivity contribution in [1.82, 2.24) is 10.2 Å². The summed E-state index contributed by atoms with van der Waals surface area (Å²) < 4.78 is 5.01. The number of amides is 1. The standard InChI is InChI=1S/C8H14N4O2/c1-8(2,3)14-7(13)11-6-5(9)4-10-12-6/h4H,9H2,1-3H3,(H2,10,11,12,13). The molecule has 0 saturated heterocycles. The molecule has 1 rings (SSSR count). The van der Waals surface area contributed by atoms with Gasteiger partial charge in [-0.1, -0.05) is 0 Å². The van der Waals surface area contributed by atoms with Crippen LogP contribution in [-0.2, 0) is 4.74 Å². The maximum absolute atomic E-state index is 11.2. The van der Waals surface area contributed by atoms with Crippen molar-refractivity contribution in [2.24, 2.45) is 0 Å². The van der Waals surface area contributed by atoms with Crippen LogP contribution in [0.15, 0.2) is 6.20 Å². The molecule has 1 heterocycles. The number of H-pyrrole nitrogens is 1. The highest BCUT2D eigenvalue weighted by Crippen LogP contribution is 2.14. The van der Waals surface area contributed by atoms with Crippen LogP contribution in [0, 0.1) is 0 Å². The molecule has 0 aliphatic heterocycles. The summed E-state index contributed by atoms with van der Waals surface area (Å²) in [5.74, 6) is 0.347. The molecule has 1 amide bonds. The van der Waals surface area contributed by atoms with Crippen LogP contribution in [0.2, 0.25) is 0 Å². The van der Waals surface area contributed by atoms with Gasteiger partial charge < -0.3 is 10.5 Å². The van der Waals surface area contributed by atoms with Crippen molar-refractivity contribution >= 4 is 17.6 Å². The molecule has 0 radical (unpaired) electrons. The molecule has 1 aromatic rings. The van der Waals surface area contributed by atoms with Crippen LogP contribution in [0.1, 0.15) is 20.8 Å². The van der Waals surface area contributed by atoms with Gasteiger partial charge in [0.05, 0.1) is 11.9 Å². The minimum atomic E-state index is -0.562. The number of aromatic amines is 1. The molecule has 1 aromatic heterocycles. The Labute approximate surface area is 81.8 Å². The summed E-state index contributed by atoms with van der Waals surface area (Å²) in [6.07, 6.45) is 0.848. The van der Waals surface area contributed by atoms with E-state index in [1.165, 1.54) is 6.20 Å². The van der Waals surface area contributed by atoms with Crippen molar-refractivity contribution in [3.05, 3.63) is 6.20 Å². The third-order valence-electron chi connectivity index (χ3n) is 1.29. The van der Waals surface area contributed by atoms with Gasteiger partial charge in [0, 0.05) is 0 Å². The molecule has 0 unspecified atom stereocenters. The molecule has 0 bridgehead atoms. The molecule has 6 heteroatoms. The number of nitrogens with two attached hydrogens (primary N) is 1. The molecule has 0 fully saturated rings. The minimum absolute atomic E-state index is 0.347. The second-order valence-corrected chi connectivity index (χ2v) is 3.83. The van der Waals surface area contributed by atoms with E-state index in [-0.39, 0.29) is 0 Å². The fourth-order valence-corrected chi connectivity index (χ4v) is 0.801. The Kier molecular flexibility index (Phi) is 2.64. The number of hydrogen-bond acceptors (Lipinski definition) is 4. The molecular formula is C8H14N4O2. The first-order chi connectivity index (χ1) is 6.38. The summed E-state index contributed by atoms with van der Waals surface area (Å²) >= 11 is 0. The molecule has 6 nitrogen and oxygen atoms in total. The lowest BCUT2D eigenvalue weighted by Crippen LogP contribution is -2.27. The lowest BCUT2D eigenvalue weighted by Gasteiger charge is -2.19. The molecule has 0 atom stereocenters. The molecule has 78 valence electrons. The number of anilines is 2. The van der Waals surface area contributed by atoms with Crippen LogP contribution in [0.25, 0.3) is 0 Å². The SMILES string of the molecule is CC(C)(C)OC(=O)Nc1[nH]ncc1N. The predicted octanol–water partition coefficient (Wildman–Crippen LogP) is 1.34. The van der Waals surface area contributed by atoms with E-state index in [9.17, 15) is 4.79 Å². The maximum atomic E-state index is 11.2. The zero-order valence-corrected chi connectivity index (χ0v) is 8.42. The number of nitrogens with zero attached hydrogens (tertiary/aromatic N) is 1. The van der Waals surface area contributed by atoms with E-state index in [0.29, 0.717) is 11.5 Å². The number of carbonyl (C=O) groups is 1. The van der Waals surface area contributed by atoms with Crippen LogP contribution in [0.4, 0.5) is 16.3 Å². The molecule has 14 heavy (non-hydrogen) atoms. The van der Waals surface area contributed by atoms with Gasteiger partial charge in [-0.05, 0) is 20.8 Å². The Balaban J connectivity index is 2.54. The Morgan fingerprint density at radius 2 is 2.29 bits per heavy atom. The van der Waals surface area contributed by atoms with E-state index in [0.717, 1.165) is 0 Å². The molecule has 0 saturated carbocycles. The lowest BCUT2D eigenvalue weighted by atomic mass is 10.2. The van der Waals surface area contributed by atoms with Crippen molar-refractivity contribution in [2.45, 2.75) is 26.4 Å². The number of carbonyl (C=O) groups excluding carboxylic acids is 1. The Morgan fingerprint density at radius 1 is 1.64 bits per heavy atom. The average molecular weight is 198 g/mol. The normalized spacial score (nSPS) is 11.1.